The van der Waals surface area contributed by atoms with Crippen LogP contribution in [0.3, 0.4) is 0 Å². The van der Waals surface area contributed by atoms with Crippen molar-refractivity contribution in [3.63, 3.8) is 0 Å². The van der Waals surface area contributed by atoms with Gasteiger partial charge in [0.2, 0.25) is 0 Å². The SMILES string of the molecule is Cc1cc(Br)cnc1NC(=O)c1cccc(Br)n1. The van der Waals surface area contributed by atoms with Crippen molar-refractivity contribution in [1.29, 1.82) is 0 Å². The molecule has 2 aromatic heterocycles. The molecule has 0 aliphatic heterocycles. The molecule has 0 fully saturated rings. The molecule has 2 aromatic rings. The van der Waals surface area contributed by atoms with E-state index in [9.17, 15) is 4.79 Å². The van der Waals surface area contributed by atoms with Crippen molar-refractivity contribution in [2.75, 3.05) is 5.32 Å². The van der Waals surface area contributed by atoms with Crippen molar-refractivity contribution in [3.8, 4) is 0 Å². The Morgan fingerprint density at radius 2 is 2.11 bits per heavy atom. The average molecular weight is 371 g/mol. The van der Waals surface area contributed by atoms with Crippen LogP contribution < -0.4 is 5.32 Å². The monoisotopic (exact) mass is 369 g/mol. The van der Waals surface area contributed by atoms with Gasteiger partial charge in [-0.15, -0.1) is 0 Å². The molecule has 0 saturated carbocycles. The number of amides is 1. The molecule has 92 valence electrons. The standard InChI is InChI=1S/C12H9Br2N3O/c1-7-5-8(13)6-15-11(7)17-12(18)9-3-2-4-10(14)16-9/h2-6H,1H3,(H,15,17,18). The summed E-state index contributed by atoms with van der Waals surface area (Å²) in [5.41, 5.74) is 1.22. The van der Waals surface area contributed by atoms with Gasteiger partial charge in [-0.1, -0.05) is 6.07 Å². The first-order valence-corrected chi connectivity index (χ1v) is 6.71. The molecule has 6 heteroatoms. The molecule has 1 amide bonds. The summed E-state index contributed by atoms with van der Waals surface area (Å²) in [5, 5.41) is 2.73. The zero-order valence-electron chi connectivity index (χ0n) is 9.45. The summed E-state index contributed by atoms with van der Waals surface area (Å²) in [4.78, 5) is 20.2. The van der Waals surface area contributed by atoms with Gasteiger partial charge in [0.25, 0.3) is 5.91 Å². The number of hydrogen-bond acceptors (Lipinski definition) is 3. The van der Waals surface area contributed by atoms with Crippen LogP contribution >= 0.6 is 31.9 Å². The number of nitrogens with one attached hydrogen (secondary N) is 1. The Morgan fingerprint density at radius 3 is 2.78 bits per heavy atom. The van der Waals surface area contributed by atoms with Gasteiger partial charge in [0.15, 0.2) is 0 Å². The lowest BCUT2D eigenvalue weighted by Crippen LogP contribution is -2.15. The number of pyridine rings is 2. The maximum absolute atomic E-state index is 12.0. The zero-order chi connectivity index (χ0) is 13.1. The summed E-state index contributed by atoms with van der Waals surface area (Å²) in [6, 6.07) is 7.05. The first kappa shape index (κ1) is 13.2. The summed E-state index contributed by atoms with van der Waals surface area (Å²) in [6.45, 7) is 1.88. The van der Waals surface area contributed by atoms with E-state index in [1.807, 2.05) is 13.0 Å². The molecule has 18 heavy (non-hydrogen) atoms. The van der Waals surface area contributed by atoms with Crippen molar-refractivity contribution >= 4 is 43.6 Å². The van der Waals surface area contributed by atoms with E-state index in [2.05, 4.69) is 47.1 Å². The Hall–Kier alpha value is -1.27. The number of nitrogens with zero attached hydrogens (tertiary/aromatic N) is 2. The highest BCUT2D eigenvalue weighted by atomic mass is 79.9. The lowest BCUT2D eigenvalue weighted by molar-refractivity contribution is 0.102. The molecule has 0 aromatic carbocycles. The predicted molar refractivity (Wildman–Crippen MR) is 76.6 cm³/mol. The number of carbonyl (C=O) groups is 1. The highest BCUT2D eigenvalue weighted by molar-refractivity contribution is 9.10. The van der Waals surface area contributed by atoms with Gasteiger partial charge in [-0.25, -0.2) is 9.97 Å². The minimum atomic E-state index is -0.283. The van der Waals surface area contributed by atoms with Gasteiger partial charge in [-0.05, 0) is 62.5 Å². The summed E-state index contributed by atoms with van der Waals surface area (Å²) in [7, 11) is 0. The number of aromatic nitrogens is 2. The fraction of sp³-hybridized carbons (Fsp3) is 0.0833. The van der Waals surface area contributed by atoms with Crippen molar-refractivity contribution in [2.24, 2.45) is 0 Å². The zero-order valence-corrected chi connectivity index (χ0v) is 12.6. The van der Waals surface area contributed by atoms with Crippen molar-refractivity contribution in [1.82, 2.24) is 9.97 Å². The number of rotatable bonds is 2. The van der Waals surface area contributed by atoms with Crippen LogP contribution in [-0.2, 0) is 0 Å². The van der Waals surface area contributed by atoms with Crippen LogP contribution in [0.5, 0.6) is 0 Å². The van der Waals surface area contributed by atoms with E-state index in [1.54, 1.807) is 24.4 Å². The fourth-order valence-electron chi connectivity index (χ4n) is 1.38. The third-order valence-electron chi connectivity index (χ3n) is 2.22. The van der Waals surface area contributed by atoms with Crippen LogP contribution in [0.25, 0.3) is 0 Å². The number of halogens is 2. The highest BCUT2D eigenvalue weighted by Crippen LogP contribution is 2.17. The lowest BCUT2D eigenvalue weighted by atomic mass is 10.3. The van der Waals surface area contributed by atoms with Crippen LogP contribution in [0.2, 0.25) is 0 Å². The molecule has 0 bridgehead atoms. The van der Waals surface area contributed by atoms with E-state index in [4.69, 9.17) is 0 Å². The van der Waals surface area contributed by atoms with Crippen LogP contribution in [0, 0.1) is 6.92 Å². The molecular formula is C12H9Br2N3O. The molecule has 2 heterocycles. The first-order valence-electron chi connectivity index (χ1n) is 5.12. The summed E-state index contributed by atoms with van der Waals surface area (Å²) in [6.07, 6.45) is 1.64. The Bertz CT molecular complexity index is 602. The number of anilines is 1. The predicted octanol–water partition coefficient (Wildman–Crippen LogP) is 3.56. The van der Waals surface area contributed by atoms with Gasteiger partial charge in [0, 0.05) is 10.7 Å². The molecule has 0 aliphatic rings. The lowest BCUT2D eigenvalue weighted by Gasteiger charge is -2.07. The third-order valence-corrected chi connectivity index (χ3v) is 3.10. The average Bonchev–Trinajstić information content (AvgIpc) is 2.32. The van der Waals surface area contributed by atoms with Gasteiger partial charge in [-0.2, -0.15) is 0 Å². The fourth-order valence-corrected chi connectivity index (χ4v) is 2.17. The van der Waals surface area contributed by atoms with Crippen molar-refractivity contribution in [3.05, 3.63) is 50.8 Å². The van der Waals surface area contributed by atoms with E-state index in [0.717, 1.165) is 10.0 Å². The molecule has 4 nitrogen and oxygen atoms in total. The smallest absolute Gasteiger partial charge is 0.275 e. The normalized spacial score (nSPS) is 10.2. The Labute approximate surface area is 121 Å². The molecule has 1 N–H and O–H groups in total. The molecule has 0 saturated heterocycles. The van der Waals surface area contributed by atoms with Gasteiger partial charge < -0.3 is 5.32 Å². The summed E-state index contributed by atoms with van der Waals surface area (Å²) in [5.74, 6) is 0.249. The Kier molecular flexibility index (Phi) is 4.08. The highest BCUT2D eigenvalue weighted by Gasteiger charge is 2.10. The molecule has 0 spiro atoms. The second-order valence-corrected chi connectivity index (χ2v) is 5.35. The quantitative estimate of drug-likeness (QED) is 0.822. The van der Waals surface area contributed by atoms with Crippen LogP contribution in [0.15, 0.2) is 39.5 Å². The van der Waals surface area contributed by atoms with E-state index >= 15 is 0 Å². The molecular weight excluding hydrogens is 362 g/mol. The van der Waals surface area contributed by atoms with Crippen molar-refractivity contribution in [2.45, 2.75) is 6.92 Å². The summed E-state index contributed by atoms with van der Waals surface area (Å²) >= 11 is 6.55. The Morgan fingerprint density at radius 1 is 1.33 bits per heavy atom. The molecule has 0 atom stereocenters. The first-order chi connectivity index (χ1) is 8.56. The summed E-state index contributed by atoms with van der Waals surface area (Å²) < 4.78 is 1.49. The van der Waals surface area contributed by atoms with E-state index in [1.165, 1.54) is 0 Å². The van der Waals surface area contributed by atoms with E-state index in [-0.39, 0.29) is 5.91 Å². The molecule has 0 radical (unpaired) electrons. The second-order valence-electron chi connectivity index (χ2n) is 3.62. The van der Waals surface area contributed by atoms with Crippen LogP contribution in [0.1, 0.15) is 16.1 Å². The number of hydrogen-bond donors (Lipinski definition) is 1. The minimum Gasteiger partial charge on any atom is -0.305 e. The van der Waals surface area contributed by atoms with Gasteiger partial charge in [0.1, 0.15) is 16.1 Å². The topological polar surface area (TPSA) is 54.9 Å². The van der Waals surface area contributed by atoms with Crippen LogP contribution in [-0.4, -0.2) is 15.9 Å². The van der Waals surface area contributed by atoms with Gasteiger partial charge >= 0.3 is 0 Å². The van der Waals surface area contributed by atoms with E-state index < -0.39 is 0 Å². The third kappa shape index (κ3) is 3.14. The molecule has 2 rings (SSSR count). The number of carbonyl (C=O) groups excluding carboxylic acids is 1. The minimum absolute atomic E-state index is 0.283. The van der Waals surface area contributed by atoms with E-state index in [0.29, 0.717) is 16.1 Å². The molecule has 0 aliphatic carbocycles. The Balaban J connectivity index is 2.21. The largest absolute Gasteiger partial charge is 0.305 e. The number of aryl methyl sites for hydroxylation is 1. The van der Waals surface area contributed by atoms with Crippen LogP contribution in [0.4, 0.5) is 5.82 Å². The van der Waals surface area contributed by atoms with Gasteiger partial charge in [0.05, 0.1) is 0 Å². The molecule has 0 unspecified atom stereocenters. The van der Waals surface area contributed by atoms with Gasteiger partial charge in [-0.3, -0.25) is 4.79 Å². The maximum atomic E-state index is 12.0. The van der Waals surface area contributed by atoms with Crippen molar-refractivity contribution < 1.29 is 4.79 Å². The maximum Gasteiger partial charge on any atom is 0.275 e. The second kappa shape index (κ2) is 5.58.